The normalized spacial score (nSPS) is 22.4. The predicted octanol–water partition coefficient (Wildman–Crippen LogP) is -0.894. The van der Waals surface area contributed by atoms with Crippen LogP contribution in [0.2, 0.25) is 0 Å². The molecule has 1 saturated heterocycles. The average Bonchev–Trinajstić information content (AvgIpc) is 2.69. The fraction of sp³-hybridized carbons (Fsp3) is 0.500. The van der Waals surface area contributed by atoms with E-state index in [1.807, 2.05) is 0 Å². The third-order valence-electron chi connectivity index (χ3n) is 2.96. The Balaban J connectivity index is 2.07. The Morgan fingerprint density at radius 2 is 2.21 bits per heavy atom. The van der Waals surface area contributed by atoms with Crippen molar-refractivity contribution >= 4 is 11.8 Å². The van der Waals surface area contributed by atoms with Gasteiger partial charge in [0.25, 0.3) is 5.91 Å². The van der Waals surface area contributed by atoms with E-state index in [9.17, 15) is 14.7 Å². The molecule has 2 N–H and O–H groups in total. The van der Waals surface area contributed by atoms with Gasteiger partial charge in [0.15, 0.2) is 0 Å². The minimum Gasteiger partial charge on any atom is -0.389 e. The third kappa shape index (κ3) is 3.05. The number of nitrogens with one attached hydrogen (secondary N) is 1. The number of aromatic nitrogens is 2. The lowest BCUT2D eigenvalue weighted by Gasteiger charge is -2.15. The number of carbonyl (C=O) groups excluding carboxylic acids is 2. The number of rotatable bonds is 2. The van der Waals surface area contributed by atoms with Crippen LogP contribution in [0, 0.1) is 6.92 Å². The highest BCUT2D eigenvalue weighted by atomic mass is 16.3. The molecule has 1 aliphatic rings. The molecule has 2 amide bonds. The molecule has 2 heterocycles. The Kier molecular flexibility index (Phi) is 3.75. The predicted molar refractivity (Wildman–Crippen MR) is 66.3 cm³/mol. The van der Waals surface area contributed by atoms with Gasteiger partial charge < -0.3 is 15.3 Å². The van der Waals surface area contributed by atoms with Crippen molar-refractivity contribution < 1.29 is 14.7 Å². The highest BCUT2D eigenvalue weighted by molar-refractivity contribution is 5.92. The van der Waals surface area contributed by atoms with Crippen molar-refractivity contribution in [2.45, 2.75) is 26.0 Å². The molecule has 7 heteroatoms. The van der Waals surface area contributed by atoms with Gasteiger partial charge in [0.2, 0.25) is 5.91 Å². The third-order valence-corrected chi connectivity index (χ3v) is 2.96. The van der Waals surface area contributed by atoms with Crippen molar-refractivity contribution in [2.75, 3.05) is 13.1 Å². The number of nitrogens with zero attached hydrogens (tertiary/aromatic N) is 3. The highest BCUT2D eigenvalue weighted by Gasteiger charge is 2.35. The molecule has 1 aromatic heterocycles. The molecule has 1 aromatic rings. The topological polar surface area (TPSA) is 95.4 Å². The summed E-state index contributed by atoms with van der Waals surface area (Å²) in [7, 11) is 0. The maximum Gasteiger partial charge on any atom is 0.272 e. The summed E-state index contributed by atoms with van der Waals surface area (Å²) < 4.78 is 0. The summed E-state index contributed by atoms with van der Waals surface area (Å²) in [5.74, 6) is 0.0256. The van der Waals surface area contributed by atoms with Crippen LogP contribution in [0.25, 0.3) is 0 Å². The van der Waals surface area contributed by atoms with Gasteiger partial charge in [-0.25, -0.2) is 9.97 Å². The van der Waals surface area contributed by atoms with Crippen molar-refractivity contribution in [2.24, 2.45) is 0 Å². The molecule has 102 valence electrons. The van der Waals surface area contributed by atoms with E-state index in [1.165, 1.54) is 24.1 Å². The molecule has 1 aliphatic heterocycles. The van der Waals surface area contributed by atoms with E-state index in [-0.39, 0.29) is 24.9 Å². The molecular weight excluding hydrogens is 248 g/mol. The summed E-state index contributed by atoms with van der Waals surface area (Å²) in [5, 5.41) is 12.4. The minimum atomic E-state index is -0.754. The second-order valence-electron chi connectivity index (χ2n) is 4.57. The zero-order chi connectivity index (χ0) is 14.0. The van der Waals surface area contributed by atoms with E-state index in [0.29, 0.717) is 11.5 Å². The Labute approximate surface area is 110 Å². The molecule has 0 radical (unpaired) electrons. The minimum absolute atomic E-state index is 0.187. The number of aliphatic hydroxyl groups is 1. The maximum absolute atomic E-state index is 12.2. The van der Waals surface area contributed by atoms with Crippen LogP contribution in [0.3, 0.4) is 0 Å². The first-order chi connectivity index (χ1) is 8.97. The van der Waals surface area contributed by atoms with Gasteiger partial charge in [-0.3, -0.25) is 9.59 Å². The maximum atomic E-state index is 12.2. The lowest BCUT2D eigenvalue weighted by molar-refractivity contribution is -0.120. The van der Waals surface area contributed by atoms with Crippen LogP contribution in [-0.2, 0) is 4.79 Å². The zero-order valence-corrected chi connectivity index (χ0v) is 10.8. The molecular formula is C12H16N4O3. The first kappa shape index (κ1) is 13.4. The van der Waals surface area contributed by atoms with Crippen LogP contribution in [0.4, 0.5) is 0 Å². The van der Waals surface area contributed by atoms with Crippen molar-refractivity contribution in [3.8, 4) is 0 Å². The van der Waals surface area contributed by atoms with E-state index >= 15 is 0 Å². The van der Waals surface area contributed by atoms with E-state index in [2.05, 4.69) is 15.3 Å². The largest absolute Gasteiger partial charge is 0.389 e. The SMILES string of the molecule is CC(=O)N[C@@H]1CN(C(=O)c2ccnc(C)n2)C[C@H]1O. The van der Waals surface area contributed by atoms with Gasteiger partial charge in [-0.1, -0.05) is 0 Å². The Hall–Kier alpha value is -2.02. The number of amides is 2. The van der Waals surface area contributed by atoms with Gasteiger partial charge in [-0.05, 0) is 13.0 Å². The van der Waals surface area contributed by atoms with Crippen LogP contribution < -0.4 is 5.32 Å². The van der Waals surface area contributed by atoms with Crippen LogP contribution in [-0.4, -0.2) is 57.0 Å². The quantitative estimate of drug-likeness (QED) is 0.722. The summed E-state index contributed by atoms with van der Waals surface area (Å²) in [6, 6.07) is 1.11. The van der Waals surface area contributed by atoms with Crippen molar-refractivity contribution in [3.05, 3.63) is 23.8 Å². The first-order valence-electron chi connectivity index (χ1n) is 6.01. The molecule has 1 fully saturated rings. The number of aliphatic hydroxyl groups excluding tert-OH is 1. The van der Waals surface area contributed by atoms with Gasteiger partial charge in [-0.2, -0.15) is 0 Å². The molecule has 0 unspecified atom stereocenters. The molecule has 0 bridgehead atoms. The zero-order valence-electron chi connectivity index (χ0n) is 10.8. The standard InChI is InChI=1S/C12H16N4O3/c1-7-13-4-3-9(14-7)12(19)16-5-10(11(18)6-16)15-8(2)17/h3-4,10-11,18H,5-6H2,1-2H3,(H,15,17)/t10-,11-/m1/s1. The number of aryl methyl sites for hydroxylation is 1. The van der Waals surface area contributed by atoms with E-state index in [1.54, 1.807) is 6.92 Å². The van der Waals surface area contributed by atoms with Crippen LogP contribution >= 0.6 is 0 Å². The van der Waals surface area contributed by atoms with E-state index in [4.69, 9.17) is 0 Å². The Bertz CT molecular complexity index is 506. The summed E-state index contributed by atoms with van der Waals surface area (Å²) in [4.78, 5) is 32.6. The average molecular weight is 264 g/mol. The molecule has 0 saturated carbocycles. The van der Waals surface area contributed by atoms with Crippen molar-refractivity contribution in [1.82, 2.24) is 20.2 Å². The lowest BCUT2D eigenvalue weighted by atomic mass is 10.2. The summed E-state index contributed by atoms with van der Waals surface area (Å²) in [5.41, 5.74) is 0.295. The van der Waals surface area contributed by atoms with Crippen molar-refractivity contribution in [3.63, 3.8) is 0 Å². The second kappa shape index (κ2) is 5.31. The fourth-order valence-electron chi connectivity index (χ4n) is 2.09. The molecule has 19 heavy (non-hydrogen) atoms. The van der Waals surface area contributed by atoms with Gasteiger partial charge in [0, 0.05) is 26.2 Å². The second-order valence-corrected chi connectivity index (χ2v) is 4.57. The smallest absolute Gasteiger partial charge is 0.272 e. The number of β-amino-alcohol motifs (C(OH)–C–C–N with tert-alkyl or cyclic N) is 1. The van der Waals surface area contributed by atoms with Gasteiger partial charge in [0.1, 0.15) is 11.5 Å². The van der Waals surface area contributed by atoms with Crippen LogP contribution in [0.1, 0.15) is 23.2 Å². The van der Waals surface area contributed by atoms with Crippen LogP contribution in [0.15, 0.2) is 12.3 Å². The Morgan fingerprint density at radius 1 is 1.47 bits per heavy atom. The monoisotopic (exact) mass is 264 g/mol. The number of likely N-dealkylation sites (tertiary alicyclic amines) is 1. The number of hydrogen-bond acceptors (Lipinski definition) is 5. The van der Waals surface area contributed by atoms with E-state index in [0.717, 1.165) is 0 Å². The summed E-state index contributed by atoms with van der Waals surface area (Å²) in [6.07, 6.45) is 0.767. The van der Waals surface area contributed by atoms with Crippen LogP contribution in [0.5, 0.6) is 0 Å². The lowest BCUT2D eigenvalue weighted by Crippen LogP contribution is -2.41. The molecule has 7 nitrogen and oxygen atoms in total. The van der Waals surface area contributed by atoms with Gasteiger partial charge in [0.05, 0.1) is 12.1 Å². The number of hydrogen-bond donors (Lipinski definition) is 2. The summed E-state index contributed by atoms with van der Waals surface area (Å²) >= 11 is 0. The number of carbonyl (C=O) groups is 2. The van der Waals surface area contributed by atoms with Gasteiger partial charge in [-0.15, -0.1) is 0 Å². The first-order valence-corrected chi connectivity index (χ1v) is 6.01. The van der Waals surface area contributed by atoms with Crippen molar-refractivity contribution in [1.29, 1.82) is 0 Å². The van der Waals surface area contributed by atoms with E-state index < -0.39 is 12.1 Å². The molecule has 2 rings (SSSR count). The molecule has 2 atom stereocenters. The fourth-order valence-corrected chi connectivity index (χ4v) is 2.09. The molecule has 0 aromatic carbocycles. The molecule has 0 aliphatic carbocycles. The van der Waals surface area contributed by atoms with Gasteiger partial charge >= 0.3 is 0 Å². The Morgan fingerprint density at radius 3 is 2.84 bits per heavy atom. The summed E-state index contributed by atoms with van der Waals surface area (Å²) in [6.45, 7) is 3.55. The molecule has 0 spiro atoms. The highest BCUT2D eigenvalue weighted by Crippen LogP contribution is 2.13.